The number of carboxylic acids is 1. The lowest BCUT2D eigenvalue weighted by Gasteiger charge is -2.17. The Kier molecular flexibility index (Phi) is 7.28. The van der Waals surface area contributed by atoms with Crippen molar-refractivity contribution in [2.45, 2.75) is 38.8 Å². The third-order valence-electron chi connectivity index (χ3n) is 3.03. The van der Waals surface area contributed by atoms with E-state index >= 15 is 0 Å². The van der Waals surface area contributed by atoms with Crippen molar-refractivity contribution in [3.63, 3.8) is 0 Å². The second kappa shape index (κ2) is 8.96. The van der Waals surface area contributed by atoms with E-state index in [0.717, 1.165) is 5.56 Å². The second-order valence-electron chi connectivity index (χ2n) is 4.87. The highest BCUT2D eigenvalue weighted by molar-refractivity contribution is 5.75. The largest absolute Gasteiger partial charge is 0.481 e. The molecule has 0 atom stereocenters. The Hall–Kier alpha value is -2.18. The molecule has 5 nitrogen and oxygen atoms in total. The van der Waals surface area contributed by atoms with Crippen LogP contribution in [-0.4, -0.2) is 35.5 Å². The lowest BCUT2D eigenvalue weighted by molar-refractivity contribution is -0.137. The van der Waals surface area contributed by atoms with Crippen LogP contribution in [0.1, 0.15) is 31.2 Å². The predicted octanol–water partition coefficient (Wildman–Crippen LogP) is 2.89. The quantitative estimate of drug-likeness (QED) is 0.712. The smallest absolute Gasteiger partial charge is 0.387 e. The molecule has 0 radical (unpaired) electrons. The Morgan fingerprint density at radius 2 is 1.77 bits per heavy atom. The number of hydrogen-bond donors (Lipinski definition) is 1. The van der Waals surface area contributed by atoms with E-state index < -0.39 is 12.6 Å². The minimum atomic E-state index is -2.86. The van der Waals surface area contributed by atoms with Gasteiger partial charge in [0.05, 0.1) is 0 Å². The highest BCUT2D eigenvalue weighted by atomic mass is 19.3. The topological polar surface area (TPSA) is 66.8 Å². The van der Waals surface area contributed by atoms with Gasteiger partial charge in [0, 0.05) is 26.4 Å². The van der Waals surface area contributed by atoms with Gasteiger partial charge in [0.25, 0.3) is 0 Å². The molecular weight excluding hydrogens is 296 g/mol. The molecule has 1 N–H and O–H groups in total. The maximum absolute atomic E-state index is 12.0. The van der Waals surface area contributed by atoms with E-state index in [2.05, 4.69) is 4.74 Å². The predicted molar refractivity (Wildman–Crippen MR) is 75.7 cm³/mol. The molecule has 0 saturated heterocycles. The van der Waals surface area contributed by atoms with Gasteiger partial charge in [-0.15, -0.1) is 0 Å². The molecule has 0 bridgehead atoms. The van der Waals surface area contributed by atoms with Gasteiger partial charge in [0.1, 0.15) is 5.75 Å². The van der Waals surface area contributed by atoms with Gasteiger partial charge in [-0.25, -0.2) is 0 Å². The first-order valence-electron chi connectivity index (χ1n) is 6.88. The Labute approximate surface area is 127 Å². The van der Waals surface area contributed by atoms with Gasteiger partial charge in [-0.2, -0.15) is 8.78 Å². The average Bonchev–Trinajstić information content (AvgIpc) is 2.44. The number of rotatable bonds is 9. The number of benzene rings is 1. The molecule has 22 heavy (non-hydrogen) atoms. The maximum atomic E-state index is 12.0. The average molecular weight is 315 g/mol. The summed E-state index contributed by atoms with van der Waals surface area (Å²) in [5.74, 6) is -0.883. The first-order chi connectivity index (χ1) is 10.4. The van der Waals surface area contributed by atoms with Crippen molar-refractivity contribution in [1.29, 1.82) is 0 Å². The molecule has 0 spiro atoms. The van der Waals surface area contributed by atoms with Crippen molar-refractivity contribution < 1.29 is 28.2 Å². The van der Waals surface area contributed by atoms with E-state index in [1.165, 1.54) is 17.0 Å². The number of carboxylic acid groups (broad SMARTS) is 1. The monoisotopic (exact) mass is 315 g/mol. The van der Waals surface area contributed by atoms with Crippen molar-refractivity contribution in [2.75, 3.05) is 7.05 Å². The van der Waals surface area contributed by atoms with Crippen LogP contribution in [0.3, 0.4) is 0 Å². The first-order valence-corrected chi connectivity index (χ1v) is 6.88. The summed E-state index contributed by atoms with van der Waals surface area (Å²) in [6.45, 7) is -2.51. The van der Waals surface area contributed by atoms with E-state index in [1.807, 2.05) is 0 Å². The van der Waals surface area contributed by atoms with Crippen molar-refractivity contribution in [1.82, 2.24) is 4.90 Å². The van der Waals surface area contributed by atoms with Gasteiger partial charge in [0.15, 0.2) is 0 Å². The number of ether oxygens (including phenoxy) is 1. The van der Waals surface area contributed by atoms with Crippen LogP contribution in [0, 0.1) is 0 Å². The van der Waals surface area contributed by atoms with Gasteiger partial charge in [-0.3, -0.25) is 9.59 Å². The van der Waals surface area contributed by atoms with Gasteiger partial charge in [-0.05, 0) is 30.5 Å². The Balaban J connectivity index is 2.38. The summed E-state index contributed by atoms with van der Waals surface area (Å²) < 4.78 is 28.3. The molecule has 0 aromatic heterocycles. The van der Waals surface area contributed by atoms with E-state index in [4.69, 9.17) is 5.11 Å². The molecule has 1 amide bonds. The van der Waals surface area contributed by atoms with Crippen LogP contribution in [0.2, 0.25) is 0 Å². The fourth-order valence-corrected chi connectivity index (χ4v) is 1.88. The highest BCUT2D eigenvalue weighted by Crippen LogP contribution is 2.16. The van der Waals surface area contributed by atoms with E-state index in [9.17, 15) is 18.4 Å². The van der Waals surface area contributed by atoms with E-state index in [-0.39, 0.29) is 24.5 Å². The van der Waals surface area contributed by atoms with Crippen LogP contribution in [0.5, 0.6) is 5.75 Å². The molecule has 1 aromatic carbocycles. The SMILES string of the molecule is CN(Cc1ccc(OC(F)F)cc1)C(=O)CCCCC(=O)O. The normalized spacial score (nSPS) is 10.5. The summed E-state index contributed by atoms with van der Waals surface area (Å²) in [6.07, 6.45) is 1.34. The summed E-state index contributed by atoms with van der Waals surface area (Å²) in [4.78, 5) is 23.7. The minimum absolute atomic E-state index is 0.0581. The third-order valence-corrected chi connectivity index (χ3v) is 3.03. The molecule has 0 fully saturated rings. The minimum Gasteiger partial charge on any atom is -0.481 e. The summed E-state index contributed by atoms with van der Waals surface area (Å²) >= 11 is 0. The number of carbonyl (C=O) groups excluding carboxylic acids is 1. The Morgan fingerprint density at radius 1 is 1.18 bits per heavy atom. The molecule has 0 unspecified atom stereocenters. The molecule has 122 valence electrons. The van der Waals surface area contributed by atoms with Gasteiger partial charge in [-0.1, -0.05) is 12.1 Å². The van der Waals surface area contributed by atoms with Crippen LogP contribution in [0.15, 0.2) is 24.3 Å². The molecule has 0 aliphatic carbocycles. The highest BCUT2D eigenvalue weighted by Gasteiger charge is 2.10. The molecule has 1 rings (SSSR count). The zero-order valence-corrected chi connectivity index (χ0v) is 12.3. The second-order valence-corrected chi connectivity index (χ2v) is 4.87. The maximum Gasteiger partial charge on any atom is 0.387 e. The standard InChI is InChI=1S/C15H19F2NO4/c1-18(13(19)4-2-3-5-14(20)21)10-11-6-8-12(9-7-11)22-15(16)17/h6-9,15H,2-5,10H2,1H3,(H,20,21). The fourth-order valence-electron chi connectivity index (χ4n) is 1.88. The first kappa shape index (κ1) is 17.9. The summed E-state index contributed by atoms with van der Waals surface area (Å²) in [7, 11) is 1.64. The zero-order chi connectivity index (χ0) is 16.5. The molecule has 0 heterocycles. The molecule has 1 aromatic rings. The number of unbranched alkanes of at least 4 members (excludes halogenated alkanes) is 1. The van der Waals surface area contributed by atoms with Crippen LogP contribution in [0.25, 0.3) is 0 Å². The van der Waals surface area contributed by atoms with Crippen LogP contribution < -0.4 is 4.74 Å². The lowest BCUT2D eigenvalue weighted by atomic mass is 10.1. The van der Waals surface area contributed by atoms with Gasteiger partial charge >= 0.3 is 12.6 Å². The van der Waals surface area contributed by atoms with Crippen LogP contribution >= 0.6 is 0 Å². The van der Waals surface area contributed by atoms with Crippen LogP contribution in [-0.2, 0) is 16.1 Å². The lowest BCUT2D eigenvalue weighted by Crippen LogP contribution is -2.25. The van der Waals surface area contributed by atoms with Crippen molar-refractivity contribution in [2.24, 2.45) is 0 Å². The number of halogens is 2. The Morgan fingerprint density at radius 3 is 2.32 bits per heavy atom. The molecule has 0 aliphatic heterocycles. The molecule has 0 saturated carbocycles. The van der Waals surface area contributed by atoms with Gasteiger partial charge < -0.3 is 14.7 Å². The van der Waals surface area contributed by atoms with Gasteiger partial charge in [0.2, 0.25) is 5.91 Å². The fraction of sp³-hybridized carbons (Fsp3) is 0.467. The van der Waals surface area contributed by atoms with Crippen LogP contribution in [0.4, 0.5) is 8.78 Å². The number of nitrogens with zero attached hydrogens (tertiary/aromatic N) is 1. The zero-order valence-electron chi connectivity index (χ0n) is 12.3. The van der Waals surface area contributed by atoms with E-state index in [0.29, 0.717) is 19.4 Å². The third kappa shape index (κ3) is 7.01. The summed E-state index contributed by atoms with van der Waals surface area (Å²) in [6, 6.07) is 6.08. The number of hydrogen-bond acceptors (Lipinski definition) is 3. The number of carbonyl (C=O) groups is 2. The molecular formula is C15H19F2NO4. The van der Waals surface area contributed by atoms with Crippen molar-refractivity contribution >= 4 is 11.9 Å². The summed E-state index contributed by atoms with van der Waals surface area (Å²) in [5.41, 5.74) is 0.794. The number of alkyl halides is 2. The Bertz CT molecular complexity index is 491. The van der Waals surface area contributed by atoms with Crippen molar-refractivity contribution in [3.05, 3.63) is 29.8 Å². The van der Waals surface area contributed by atoms with E-state index in [1.54, 1.807) is 19.2 Å². The van der Waals surface area contributed by atoms with Crippen molar-refractivity contribution in [3.8, 4) is 5.75 Å². The molecule has 7 heteroatoms. The summed E-state index contributed by atoms with van der Waals surface area (Å²) in [5, 5.41) is 8.51. The molecule has 0 aliphatic rings. The number of aliphatic carboxylic acids is 1. The number of amides is 1.